The van der Waals surface area contributed by atoms with Crippen molar-refractivity contribution >= 4 is 12.1 Å². The summed E-state index contributed by atoms with van der Waals surface area (Å²) in [5.41, 5.74) is 0. The summed E-state index contributed by atoms with van der Waals surface area (Å²) in [6.45, 7) is 2.51. The van der Waals surface area contributed by atoms with Gasteiger partial charge in [-0.1, -0.05) is 0 Å². The van der Waals surface area contributed by atoms with E-state index in [2.05, 4.69) is 5.32 Å². The van der Waals surface area contributed by atoms with Gasteiger partial charge in [0, 0.05) is 20.6 Å². The highest BCUT2D eigenvalue weighted by atomic mass is 16.2. The minimum Gasteiger partial charge on any atom is -0.314 e. The molecule has 2 saturated heterocycles. The smallest absolute Gasteiger partial charge is 0.314 e. The highest BCUT2D eigenvalue weighted by molar-refractivity contribution is 5.84. The van der Waals surface area contributed by atoms with Crippen molar-refractivity contribution in [3.8, 4) is 0 Å². The molecule has 14 heavy (non-hydrogen) atoms. The van der Waals surface area contributed by atoms with Crippen LogP contribution in [0.15, 0.2) is 0 Å². The third-order valence-corrected chi connectivity index (χ3v) is 2.89. The molecule has 6 nitrogen and oxygen atoms in total. The second kappa shape index (κ2) is 2.76. The van der Waals surface area contributed by atoms with Crippen LogP contribution in [0, 0.1) is 0 Å². The zero-order valence-electron chi connectivity index (χ0n) is 8.52. The van der Waals surface area contributed by atoms with Crippen molar-refractivity contribution in [3.05, 3.63) is 0 Å². The van der Waals surface area contributed by atoms with Gasteiger partial charge in [0.05, 0.1) is 0 Å². The van der Waals surface area contributed by atoms with Crippen LogP contribution in [0.3, 0.4) is 0 Å². The summed E-state index contributed by atoms with van der Waals surface area (Å²) >= 11 is 0. The molecule has 2 fully saturated rings. The van der Waals surface area contributed by atoms with E-state index in [-0.39, 0.29) is 24.4 Å². The van der Waals surface area contributed by atoms with Crippen LogP contribution in [0.1, 0.15) is 6.92 Å². The Labute approximate surface area is 82.4 Å². The molecule has 2 rings (SSSR count). The third kappa shape index (κ3) is 0.906. The minimum atomic E-state index is -0.208. The maximum absolute atomic E-state index is 11.6. The van der Waals surface area contributed by atoms with Crippen LogP contribution in [0.2, 0.25) is 0 Å². The Hall–Kier alpha value is -1.46. The van der Waals surface area contributed by atoms with Gasteiger partial charge >= 0.3 is 12.1 Å². The van der Waals surface area contributed by atoms with Gasteiger partial charge in [-0.2, -0.15) is 0 Å². The van der Waals surface area contributed by atoms with Gasteiger partial charge < -0.3 is 20.0 Å². The number of carbonyl (C=O) groups is 2. The molecular formula is C8H14N4O2. The quantitative estimate of drug-likeness (QED) is 0.628. The highest BCUT2D eigenvalue weighted by Gasteiger charge is 2.51. The SMILES string of the molecule is CCN1C(=O)N[C@@H]2[C@H]1N(C)C(=O)N2C. The van der Waals surface area contributed by atoms with Crippen molar-refractivity contribution in [3.63, 3.8) is 0 Å². The summed E-state index contributed by atoms with van der Waals surface area (Å²) in [4.78, 5) is 27.8. The maximum atomic E-state index is 11.6. The second-order valence-electron chi connectivity index (χ2n) is 3.60. The average Bonchev–Trinajstić information content (AvgIpc) is 2.59. The van der Waals surface area contributed by atoms with Crippen LogP contribution in [0.5, 0.6) is 0 Å². The topological polar surface area (TPSA) is 55.9 Å². The lowest BCUT2D eigenvalue weighted by molar-refractivity contribution is 0.149. The maximum Gasteiger partial charge on any atom is 0.323 e. The van der Waals surface area contributed by atoms with Crippen molar-refractivity contribution in [2.24, 2.45) is 0 Å². The van der Waals surface area contributed by atoms with E-state index in [1.807, 2.05) is 6.92 Å². The van der Waals surface area contributed by atoms with Crippen molar-refractivity contribution in [1.29, 1.82) is 0 Å². The van der Waals surface area contributed by atoms with E-state index >= 15 is 0 Å². The van der Waals surface area contributed by atoms with Crippen molar-refractivity contribution in [2.75, 3.05) is 20.6 Å². The number of hydrogen-bond acceptors (Lipinski definition) is 2. The number of rotatable bonds is 1. The van der Waals surface area contributed by atoms with Gasteiger partial charge in [0.2, 0.25) is 0 Å². The van der Waals surface area contributed by atoms with E-state index in [0.29, 0.717) is 6.54 Å². The summed E-state index contributed by atoms with van der Waals surface area (Å²) < 4.78 is 0. The fourth-order valence-corrected chi connectivity index (χ4v) is 2.10. The highest BCUT2D eigenvalue weighted by Crippen LogP contribution is 2.25. The van der Waals surface area contributed by atoms with E-state index in [1.165, 1.54) is 0 Å². The van der Waals surface area contributed by atoms with E-state index in [9.17, 15) is 9.59 Å². The molecule has 0 aromatic heterocycles. The third-order valence-electron chi connectivity index (χ3n) is 2.89. The largest absolute Gasteiger partial charge is 0.323 e. The first-order valence-electron chi connectivity index (χ1n) is 4.64. The first-order chi connectivity index (χ1) is 6.57. The Kier molecular flexibility index (Phi) is 1.80. The molecular weight excluding hydrogens is 184 g/mol. The lowest BCUT2D eigenvalue weighted by Crippen LogP contribution is -2.44. The normalized spacial score (nSPS) is 31.2. The Balaban J connectivity index is 2.30. The Morgan fingerprint density at radius 1 is 1.29 bits per heavy atom. The molecule has 0 saturated carbocycles. The zero-order chi connectivity index (χ0) is 10.5. The van der Waals surface area contributed by atoms with Crippen molar-refractivity contribution in [1.82, 2.24) is 20.0 Å². The van der Waals surface area contributed by atoms with Crippen LogP contribution in [-0.2, 0) is 0 Å². The molecule has 0 aromatic carbocycles. The Morgan fingerprint density at radius 2 is 1.93 bits per heavy atom. The second-order valence-corrected chi connectivity index (χ2v) is 3.60. The molecule has 2 aliphatic rings. The number of urea groups is 2. The number of amides is 4. The van der Waals surface area contributed by atoms with Gasteiger partial charge in [-0.3, -0.25) is 0 Å². The number of fused-ring (bicyclic) bond motifs is 1. The molecule has 2 aliphatic heterocycles. The van der Waals surface area contributed by atoms with Gasteiger partial charge in [0.1, 0.15) is 12.3 Å². The average molecular weight is 198 g/mol. The molecule has 78 valence electrons. The lowest BCUT2D eigenvalue weighted by Gasteiger charge is -2.24. The van der Waals surface area contributed by atoms with Gasteiger partial charge in [-0.15, -0.1) is 0 Å². The molecule has 0 radical (unpaired) electrons. The summed E-state index contributed by atoms with van der Waals surface area (Å²) in [5, 5.41) is 2.78. The summed E-state index contributed by atoms with van der Waals surface area (Å²) in [6.07, 6.45) is -0.370. The molecule has 2 atom stereocenters. The number of nitrogens with one attached hydrogen (secondary N) is 1. The molecule has 4 amide bonds. The fraction of sp³-hybridized carbons (Fsp3) is 0.750. The van der Waals surface area contributed by atoms with Crippen molar-refractivity contribution < 1.29 is 9.59 Å². The molecule has 0 spiro atoms. The Morgan fingerprint density at radius 3 is 2.50 bits per heavy atom. The van der Waals surface area contributed by atoms with Crippen LogP contribution in [0.4, 0.5) is 9.59 Å². The van der Waals surface area contributed by atoms with Gasteiger partial charge in [-0.25, -0.2) is 9.59 Å². The van der Waals surface area contributed by atoms with Gasteiger partial charge in [-0.05, 0) is 6.92 Å². The molecule has 6 heteroatoms. The summed E-state index contributed by atoms with van der Waals surface area (Å²) in [7, 11) is 3.41. The van der Waals surface area contributed by atoms with Crippen molar-refractivity contribution in [2.45, 2.75) is 19.3 Å². The first-order valence-corrected chi connectivity index (χ1v) is 4.64. The van der Waals surface area contributed by atoms with E-state index in [0.717, 1.165) is 0 Å². The van der Waals surface area contributed by atoms with Crippen LogP contribution < -0.4 is 5.32 Å². The molecule has 0 bridgehead atoms. The zero-order valence-corrected chi connectivity index (χ0v) is 8.52. The lowest BCUT2D eigenvalue weighted by atomic mass is 10.4. The monoisotopic (exact) mass is 198 g/mol. The number of carbonyl (C=O) groups excluding carboxylic acids is 2. The van der Waals surface area contributed by atoms with Crippen LogP contribution in [0.25, 0.3) is 0 Å². The van der Waals surface area contributed by atoms with E-state index in [1.54, 1.807) is 28.8 Å². The predicted molar refractivity (Wildman–Crippen MR) is 49.4 cm³/mol. The number of likely N-dealkylation sites (N-methyl/N-ethyl adjacent to an activating group) is 3. The molecule has 0 aliphatic carbocycles. The molecule has 2 heterocycles. The van der Waals surface area contributed by atoms with Gasteiger partial charge in [0.15, 0.2) is 0 Å². The first kappa shape index (κ1) is 9.11. The predicted octanol–water partition coefficient (Wildman–Crippen LogP) is -0.319. The summed E-state index contributed by atoms with van der Waals surface area (Å²) in [5.74, 6) is 0. The standard InChI is InChI=1S/C8H14N4O2/c1-4-12-6-5(9-7(12)13)10(2)8(14)11(6)3/h5-6H,4H2,1-3H3,(H,9,13)/t5-,6-/m0/s1. The van der Waals surface area contributed by atoms with E-state index in [4.69, 9.17) is 0 Å². The molecule has 0 aromatic rings. The van der Waals surface area contributed by atoms with Crippen LogP contribution >= 0.6 is 0 Å². The number of hydrogen-bond donors (Lipinski definition) is 1. The van der Waals surface area contributed by atoms with Gasteiger partial charge in [0.25, 0.3) is 0 Å². The molecule has 0 unspecified atom stereocenters. The molecule has 1 N–H and O–H groups in total. The fourth-order valence-electron chi connectivity index (χ4n) is 2.10. The number of nitrogens with zero attached hydrogens (tertiary/aromatic N) is 3. The minimum absolute atomic E-state index is 0.0570. The van der Waals surface area contributed by atoms with Crippen LogP contribution in [-0.4, -0.2) is 59.7 Å². The summed E-state index contributed by atoms with van der Waals surface area (Å²) in [6, 6.07) is -0.160. The Bertz CT molecular complexity index is 293. The van der Waals surface area contributed by atoms with E-state index < -0.39 is 0 Å².